The maximum Gasteiger partial charge on any atom is 0.328 e. The number of aromatic nitrogens is 3. The fraction of sp³-hybridized carbons (Fsp3) is 0.235. The zero-order chi connectivity index (χ0) is 17.3. The number of rotatable bonds is 4. The van der Waals surface area contributed by atoms with Gasteiger partial charge in [0.15, 0.2) is 5.65 Å². The summed E-state index contributed by atoms with van der Waals surface area (Å²) >= 11 is 0. The lowest BCUT2D eigenvalue weighted by Gasteiger charge is -2.08. The zero-order valence-corrected chi connectivity index (χ0v) is 13.7. The third-order valence-corrected chi connectivity index (χ3v) is 3.94. The molecular weight excluding hydrogens is 308 g/mol. The monoisotopic (exact) mass is 326 g/mol. The molecule has 0 saturated carbocycles. The molecule has 0 fully saturated rings. The molecule has 3 rings (SSSR count). The lowest BCUT2D eigenvalue weighted by atomic mass is 10.0. The molecule has 7 heteroatoms. The van der Waals surface area contributed by atoms with Gasteiger partial charge in [0.25, 0.3) is 0 Å². The molecule has 0 saturated heterocycles. The molecule has 1 aromatic carbocycles. The molecule has 2 aromatic heterocycles. The first-order valence-electron chi connectivity index (χ1n) is 7.47. The van der Waals surface area contributed by atoms with Crippen molar-refractivity contribution in [2.75, 3.05) is 14.2 Å². The highest BCUT2D eigenvalue weighted by Gasteiger charge is 2.12. The van der Waals surface area contributed by atoms with Crippen LogP contribution in [0.15, 0.2) is 35.3 Å². The molecule has 0 aliphatic rings. The highest BCUT2D eigenvalue weighted by atomic mass is 16.5. The average molecular weight is 326 g/mol. The van der Waals surface area contributed by atoms with Gasteiger partial charge in [0.05, 0.1) is 12.6 Å². The van der Waals surface area contributed by atoms with Crippen LogP contribution in [0.3, 0.4) is 0 Å². The number of aromatic amines is 1. The van der Waals surface area contributed by atoms with E-state index in [-0.39, 0.29) is 18.1 Å². The van der Waals surface area contributed by atoms with Gasteiger partial charge in [-0.05, 0) is 36.2 Å². The van der Waals surface area contributed by atoms with Crippen molar-refractivity contribution in [3.05, 3.63) is 46.5 Å². The molecular formula is C17H18N4O3. The van der Waals surface area contributed by atoms with Crippen molar-refractivity contribution in [2.45, 2.75) is 13.5 Å². The highest BCUT2D eigenvalue weighted by Crippen LogP contribution is 2.27. The minimum Gasteiger partial charge on any atom is -0.496 e. The van der Waals surface area contributed by atoms with Crippen LogP contribution >= 0.6 is 0 Å². The summed E-state index contributed by atoms with van der Waals surface area (Å²) in [5, 5.41) is 2.51. The van der Waals surface area contributed by atoms with E-state index in [9.17, 15) is 9.59 Å². The van der Waals surface area contributed by atoms with Crippen LogP contribution in [-0.2, 0) is 11.3 Å². The van der Waals surface area contributed by atoms with E-state index < -0.39 is 0 Å². The third kappa shape index (κ3) is 2.76. The Kier molecular flexibility index (Phi) is 4.07. The first-order chi connectivity index (χ1) is 11.5. The molecule has 0 aliphatic heterocycles. The number of hydrogen-bond donors (Lipinski definition) is 2. The van der Waals surface area contributed by atoms with E-state index in [2.05, 4.69) is 15.3 Å². The number of imidazole rings is 1. The minimum absolute atomic E-state index is 0.0535. The van der Waals surface area contributed by atoms with Gasteiger partial charge in [-0.15, -0.1) is 0 Å². The number of likely N-dealkylation sites (N-methyl/N-ethyl adjacent to an activating group) is 1. The summed E-state index contributed by atoms with van der Waals surface area (Å²) in [6, 6.07) is 7.67. The van der Waals surface area contributed by atoms with Gasteiger partial charge in [-0.1, -0.05) is 6.07 Å². The number of benzene rings is 1. The SMILES string of the molecule is CNC(=O)Cn1c(=O)[nH]c2ncc(-c3ccc(OC)c(C)c3)cc21. The number of nitrogens with one attached hydrogen (secondary N) is 2. The predicted octanol–water partition coefficient (Wildman–Crippen LogP) is 1.45. The maximum atomic E-state index is 12.0. The number of fused-ring (bicyclic) bond motifs is 1. The predicted molar refractivity (Wildman–Crippen MR) is 91.1 cm³/mol. The minimum atomic E-state index is -0.357. The molecule has 0 atom stereocenters. The van der Waals surface area contributed by atoms with Gasteiger partial charge >= 0.3 is 5.69 Å². The summed E-state index contributed by atoms with van der Waals surface area (Å²) in [6.07, 6.45) is 1.70. The summed E-state index contributed by atoms with van der Waals surface area (Å²) in [5.41, 5.74) is 3.52. The Morgan fingerprint density at radius 1 is 1.33 bits per heavy atom. The van der Waals surface area contributed by atoms with Crippen molar-refractivity contribution in [3.8, 4) is 16.9 Å². The molecule has 2 heterocycles. The number of amides is 1. The Balaban J connectivity index is 2.10. The second-order valence-corrected chi connectivity index (χ2v) is 5.47. The van der Waals surface area contributed by atoms with Crippen molar-refractivity contribution >= 4 is 17.1 Å². The molecule has 2 N–H and O–H groups in total. The number of methoxy groups -OCH3 is 1. The first kappa shape index (κ1) is 15.8. The van der Waals surface area contributed by atoms with E-state index >= 15 is 0 Å². The van der Waals surface area contributed by atoms with E-state index in [4.69, 9.17) is 4.74 Å². The van der Waals surface area contributed by atoms with Crippen LogP contribution in [0, 0.1) is 6.92 Å². The Hall–Kier alpha value is -3.09. The Labute approximate surface area is 138 Å². The number of carbonyl (C=O) groups excluding carboxylic acids is 1. The zero-order valence-electron chi connectivity index (χ0n) is 13.7. The number of nitrogens with zero attached hydrogens (tertiary/aromatic N) is 2. The average Bonchev–Trinajstić information content (AvgIpc) is 2.89. The second-order valence-electron chi connectivity index (χ2n) is 5.47. The standard InChI is InChI=1S/C17H18N4O3/c1-10-6-11(4-5-14(10)24-3)12-7-13-16(19-8-12)20-17(23)21(13)9-15(22)18-2/h4-8H,9H2,1-3H3,(H,18,22)(H,19,20,23). The van der Waals surface area contributed by atoms with Crippen molar-refractivity contribution in [1.82, 2.24) is 19.9 Å². The molecule has 3 aromatic rings. The molecule has 0 spiro atoms. The number of pyridine rings is 1. The number of hydrogen-bond acceptors (Lipinski definition) is 4. The summed E-state index contributed by atoms with van der Waals surface area (Å²) < 4.78 is 6.65. The van der Waals surface area contributed by atoms with Crippen LogP contribution in [0.5, 0.6) is 5.75 Å². The smallest absolute Gasteiger partial charge is 0.328 e. The van der Waals surface area contributed by atoms with E-state index in [1.165, 1.54) is 11.6 Å². The maximum absolute atomic E-state index is 12.0. The Morgan fingerprint density at radius 2 is 2.12 bits per heavy atom. The molecule has 24 heavy (non-hydrogen) atoms. The molecule has 124 valence electrons. The summed E-state index contributed by atoms with van der Waals surface area (Å²) in [6.45, 7) is 1.91. The first-order valence-corrected chi connectivity index (χ1v) is 7.47. The van der Waals surface area contributed by atoms with E-state index in [0.29, 0.717) is 11.2 Å². The van der Waals surface area contributed by atoms with Crippen LogP contribution in [0.4, 0.5) is 0 Å². The number of aryl methyl sites for hydroxylation is 1. The molecule has 0 aliphatic carbocycles. The Bertz CT molecular complexity index is 972. The number of H-pyrrole nitrogens is 1. The fourth-order valence-electron chi connectivity index (χ4n) is 2.63. The van der Waals surface area contributed by atoms with Gasteiger partial charge in [-0.25, -0.2) is 9.78 Å². The van der Waals surface area contributed by atoms with Gasteiger partial charge < -0.3 is 10.1 Å². The largest absolute Gasteiger partial charge is 0.496 e. The number of carbonyl (C=O) groups is 1. The summed E-state index contributed by atoms with van der Waals surface area (Å²) in [7, 11) is 3.17. The Morgan fingerprint density at radius 3 is 2.79 bits per heavy atom. The topological polar surface area (TPSA) is 89.0 Å². The summed E-state index contributed by atoms with van der Waals surface area (Å²) in [4.78, 5) is 30.6. The van der Waals surface area contributed by atoms with Crippen molar-refractivity contribution in [2.24, 2.45) is 0 Å². The molecule has 0 unspecified atom stereocenters. The van der Waals surface area contributed by atoms with Crippen molar-refractivity contribution in [1.29, 1.82) is 0 Å². The van der Waals surface area contributed by atoms with Gasteiger partial charge in [0, 0.05) is 18.8 Å². The quantitative estimate of drug-likeness (QED) is 0.759. The lowest BCUT2D eigenvalue weighted by Crippen LogP contribution is -2.28. The van der Waals surface area contributed by atoms with Gasteiger partial charge in [0.1, 0.15) is 12.3 Å². The fourth-order valence-corrected chi connectivity index (χ4v) is 2.63. The van der Waals surface area contributed by atoms with Crippen LogP contribution in [0.1, 0.15) is 5.56 Å². The lowest BCUT2D eigenvalue weighted by molar-refractivity contribution is -0.121. The summed E-state index contributed by atoms with van der Waals surface area (Å²) in [5.74, 6) is 0.564. The van der Waals surface area contributed by atoms with Crippen molar-refractivity contribution < 1.29 is 9.53 Å². The third-order valence-electron chi connectivity index (χ3n) is 3.94. The van der Waals surface area contributed by atoms with Gasteiger partial charge in [-0.3, -0.25) is 14.3 Å². The van der Waals surface area contributed by atoms with Gasteiger partial charge in [-0.2, -0.15) is 0 Å². The van der Waals surface area contributed by atoms with E-state index in [1.807, 2.05) is 31.2 Å². The molecule has 0 radical (unpaired) electrons. The highest BCUT2D eigenvalue weighted by molar-refractivity contribution is 5.81. The number of ether oxygens (including phenoxy) is 1. The molecule has 1 amide bonds. The second kappa shape index (κ2) is 6.19. The van der Waals surface area contributed by atoms with Gasteiger partial charge in [0.2, 0.25) is 5.91 Å². The van der Waals surface area contributed by atoms with Crippen LogP contribution in [0.2, 0.25) is 0 Å². The van der Waals surface area contributed by atoms with Crippen molar-refractivity contribution in [3.63, 3.8) is 0 Å². The van der Waals surface area contributed by atoms with Crippen LogP contribution in [0.25, 0.3) is 22.3 Å². The molecule has 0 bridgehead atoms. The van der Waals surface area contributed by atoms with E-state index in [0.717, 1.165) is 22.4 Å². The van der Waals surface area contributed by atoms with Crippen LogP contribution in [-0.4, -0.2) is 34.6 Å². The normalized spacial score (nSPS) is 10.8. The van der Waals surface area contributed by atoms with E-state index in [1.54, 1.807) is 13.3 Å². The molecule has 7 nitrogen and oxygen atoms in total. The van der Waals surface area contributed by atoms with Crippen LogP contribution < -0.4 is 15.7 Å².